The molecule has 0 fully saturated rings. The Morgan fingerprint density at radius 3 is 2.82 bits per heavy atom. The van der Waals surface area contributed by atoms with Crippen LogP contribution in [0.3, 0.4) is 0 Å². The van der Waals surface area contributed by atoms with Gasteiger partial charge in [-0.15, -0.1) is 0 Å². The lowest BCUT2D eigenvalue weighted by Crippen LogP contribution is -2.27. The molecule has 3 rings (SSSR count). The zero-order chi connectivity index (χ0) is 15.7. The minimum absolute atomic E-state index is 0.0441. The maximum atomic E-state index is 12.3. The predicted octanol–water partition coefficient (Wildman–Crippen LogP) is 3.67. The van der Waals surface area contributed by atoms with Crippen LogP contribution in [-0.4, -0.2) is 10.8 Å². The molecular weight excluding hydrogens is 304 g/mol. The molecule has 1 aliphatic carbocycles. The van der Waals surface area contributed by atoms with E-state index in [1.54, 1.807) is 36.4 Å². The third kappa shape index (κ3) is 2.80. The summed E-state index contributed by atoms with van der Waals surface area (Å²) in [6.45, 7) is 0. The summed E-state index contributed by atoms with van der Waals surface area (Å²) in [5, 5.41) is 14.3. The van der Waals surface area contributed by atoms with Crippen LogP contribution in [0.2, 0.25) is 5.02 Å². The Morgan fingerprint density at radius 2 is 2.09 bits per heavy atom. The van der Waals surface area contributed by atoms with Gasteiger partial charge in [0, 0.05) is 22.7 Å². The molecule has 0 saturated heterocycles. The van der Waals surface area contributed by atoms with Crippen LogP contribution in [-0.2, 0) is 6.42 Å². The summed E-state index contributed by atoms with van der Waals surface area (Å²) in [6, 6.07) is 11.3. The predicted molar refractivity (Wildman–Crippen MR) is 83.1 cm³/mol. The van der Waals surface area contributed by atoms with Crippen LogP contribution in [0.15, 0.2) is 42.5 Å². The van der Waals surface area contributed by atoms with Crippen molar-refractivity contribution in [2.75, 3.05) is 0 Å². The molecule has 1 amide bonds. The van der Waals surface area contributed by atoms with E-state index in [9.17, 15) is 14.9 Å². The lowest BCUT2D eigenvalue weighted by molar-refractivity contribution is -0.384. The van der Waals surface area contributed by atoms with Crippen molar-refractivity contribution >= 4 is 23.2 Å². The number of nitro groups is 1. The number of nitrogens with one attached hydrogen (secondary N) is 1. The van der Waals surface area contributed by atoms with E-state index in [0.29, 0.717) is 10.6 Å². The molecule has 0 bridgehead atoms. The Kier molecular flexibility index (Phi) is 3.81. The van der Waals surface area contributed by atoms with Crippen molar-refractivity contribution in [1.82, 2.24) is 5.32 Å². The number of hydrogen-bond acceptors (Lipinski definition) is 3. The Bertz CT molecular complexity index is 761. The van der Waals surface area contributed by atoms with Gasteiger partial charge >= 0.3 is 0 Å². The first kappa shape index (κ1) is 14.5. The Hall–Kier alpha value is -2.40. The highest BCUT2D eigenvalue weighted by molar-refractivity contribution is 6.30. The third-order valence-electron chi connectivity index (χ3n) is 3.81. The maximum Gasteiger partial charge on any atom is 0.269 e. The lowest BCUT2D eigenvalue weighted by Gasteiger charge is -2.14. The number of benzene rings is 2. The Balaban J connectivity index is 1.83. The second kappa shape index (κ2) is 5.77. The maximum absolute atomic E-state index is 12.3. The van der Waals surface area contributed by atoms with Crippen molar-refractivity contribution in [1.29, 1.82) is 0 Å². The minimum Gasteiger partial charge on any atom is -0.345 e. The number of amides is 1. The van der Waals surface area contributed by atoms with E-state index in [0.717, 1.165) is 24.0 Å². The highest BCUT2D eigenvalue weighted by atomic mass is 35.5. The fourth-order valence-electron chi connectivity index (χ4n) is 2.72. The van der Waals surface area contributed by atoms with Crippen molar-refractivity contribution in [2.45, 2.75) is 18.9 Å². The highest BCUT2D eigenvalue weighted by Crippen LogP contribution is 2.33. The molecule has 0 saturated carbocycles. The largest absolute Gasteiger partial charge is 0.345 e. The zero-order valence-corrected chi connectivity index (χ0v) is 12.3. The summed E-state index contributed by atoms with van der Waals surface area (Å²) in [5.41, 5.74) is 2.39. The summed E-state index contributed by atoms with van der Waals surface area (Å²) in [6.07, 6.45) is 1.54. The molecule has 1 unspecified atom stereocenters. The molecule has 6 heteroatoms. The third-order valence-corrected chi connectivity index (χ3v) is 4.05. The van der Waals surface area contributed by atoms with E-state index in [2.05, 4.69) is 5.32 Å². The first-order valence-electron chi connectivity index (χ1n) is 6.88. The average Bonchev–Trinajstić information content (AvgIpc) is 2.89. The normalized spacial score (nSPS) is 16.1. The number of carbonyl (C=O) groups excluding carboxylic acids is 1. The summed E-state index contributed by atoms with van der Waals surface area (Å²) >= 11 is 5.89. The average molecular weight is 317 g/mol. The number of fused-ring (bicyclic) bond motifs is 1. The van der Waals surface area contributed by atoms with Crippen LogP contribution in [0.25, 0.3) is 0 Å². The molecule has 0 radical (unpaired) electrons. The van der Waals surface area contributed by atoms with Gasteiger partial charge in [-0.25, -0.2) is 0 Å². The van der Waals surface area contributed by atoms with E-state index >= 15 is 0 Å². The molecule has 5 nitrogen and oxygen atoms in total. The van der Waals surface area contributed by atoms with Crippen LogP contribution in [0, 0.1) is 10.1 Å². The fraction of sp³-hybridized carbons (Fsp3) is 0.188. The number of rotatable bonds is 3. The number of halogens is 1. The van der Waals surface area contributed by atoms with Gasteiger partial charge in [0.25, 0.3) is 11.6 Å². The quantitative estimate of drug-likeness (QED) is 0.693. The van der Waals surface area contributed by atoms with Gasteiger partial charge < -0.3 is 5.32 Å². The van der Waals surface area contributed by atoms with E-state index in [1.807, 2.05) is 0 Å². The van der Waals surface area contributed by atoms with Crippen molar-refractivity contribution in [3.05, 3.63) is 74.3 Å². The summed E-state index contributed by atoms with van der Waals surface area (Å²) in [7, 11) is 0. The number of non-ortho nitro benzene ring substituents is 1. The van der Waals surface area contributed by atoms with Gasteiger partial charge in [-0.05, 0) is 42.2 Å². The molecule has 0 heterocycles. The molecular formula is C16H13ClN2O3. The summed E-state index contributed by atoms with van der Waals surface area (Å²) in [5.74, 6) is -0.230. The van der Waals surface area contributed by atoms with Crippen LogP contribution in [0.5, 0.6) is 0 Å². The number of carbonyl (C=O) groups is 1. The Morgan fingerprint density at radius 1 is 1.27 bits per heavy atom. The molecule has 1 N–H and O–H groups in total. The SMILES string of the molecule is O=C(NC1CCc2ccc([N+](=O)[O-])cc21)c1cccc(Cl)c1. The summed E-state index contributed by atoms with van der Waals surface area (Å²) < 4.78 is 0. The smallest absolute Gasteiger partial charge is 0.269 e. The van der Waals surface area contributed by atoms with Crippen LogP contribution >= 0.6 is 11.6 Å². The van der Waals surface area contributed by atoms with Gasteiger partial charge in [0.2, 0.25) is 0 Å². The van der Waals surface area contributed by atoms with Gasteiger partial charge in [0.05, 0.1) is 11.0 Å². The minimum atomic E-state index is -0.422. The molecule has 2 aromatic carbocycles. The zero-order valence-electron chi connectivity index (χ0n) is 11.6. The monoisotopic (exact) mass is 316 g/mol. The first-order chi connectivity index (χ1) is 10.5. The molecule has 0 spiro atoms. The van der Waals surface area contributed by atoms with Crippen LogP contribution in [0.1, 0.15) is 33.9 Å². The van der Waals surface area contributed by atoms with Crippen molar-refractivity contribution < 1.29 is 9.72 Å². The molecule has 2 aromatic rings. The topological polar surface area (TPSA) is 72.2 Å². The molecule has 1 atom stereocenters. The number of nitro benzene ring substituents is 1. The number of aryl methyl sites for hydroxylation is 1. The van der Waals surface area contributed by atoms with Crippen LogP contribution < -0.4 is 5.32 Å². The number of nitrogens with zero attached hydrogens (tertiary/aromatic N) is 1. The standard InChI is InChI=1S/C16H13ClN2O3/c17-12-3-1-2-11(8-12)16(20)18-15-7-5-10-4-6-13(19(21)22)9-14(10)15/h1-4,6,8-9,15H,5,7H2,(H,18,20). The lowest BCUT2D eigenvalue weighted by atomic mass is 10.1. The summed E-state index contributed by atoms with van der Waals surface area (Å²) in [4.78, 5) is 22.7. The van der Waals surface area contributed by atoms with Gasteiger partial charge in [0.1, 0.15) is 0 Å². The molecule has 112 valence electrons. The molecule has 1 aliphatic rings. The van der Waals surface area contributed by atoms with E-state index in [4.69, 9.17) is 11.6 Å². The van der Waals surface area contributed by atoms with Gasteiger partial charge in [-0.1, -0.05) is 23.7 Å². The first-order valence-corrected chi connectivity index (χ1v) is 7.26. The number of hydrogen-bond donors (Lipinski definition) is 1. The Labute approximate surface area is 132 Å². The molecule has 22 heavy (non-hydrogen) atoms. The molecule has 0 aromatic heterocycles. The van der Waals surface area contributed by atoms with Crippen molar-refractivity contribution in [3.63, 3.8) is 0 Å². The second-order valence-electron chi connectivity index (χ2n) is 5.22. The molecule has 0 aliphatic heterocycles. The highest BCUT2D eigenvalue weighted by Gasteiger charge is 2.26. The van der Waals surface area contributed by atoms with E-state index in [-0.39, 0.29) is 17.6 Å². The van der Waals surface area contributed by atoms with E-state index < -0.39 is 4.92 Å². The van der Waals surface area contributed by atoms with Gasteiger partial charge in [-0.2, -0.15) is 0 Å². The van der Waals surface area contributed by atoms with Crippen LogP contribution in [0.4, 0.5) is 5.69 Å². The van der Waals surface area contributed by atoms with Gasteiger partial charge in [0.15, 0.2) is 0 Å². The van der Waals surface area contributed by atoms with Crippen molar-refractivity contribution in [3.8, 4) is 0 Å². The van der Waals surface area contributed by atoms with Gasteiger partial charge in [-0.3, -0.25) is 14.9 Å². The fourth-order valence-corrected chi connectivity index (χ4v) is 2.91. The van der Waals surface area contributed by atoms with E-state index in [1.165, 1.54) is 6.07 Å². The van der Waals surface area contributed by atoms with Crippen molar-refractivity contribution in [2.24, 2.45) is 0 Å². The second-order valence-corrected chi connectivity index (χ2v) is 5.65.